The summed E-state index contributed by atoms with van der Waals surface area (Å²) in [7, 11) is 1.60. The quantitative estimate of drug-likeness (QED) is 0.562. The summed E-state index contributed by atoms with van der Waals surface area (Å²) >= 11 is 6.38. The van der Waals surface area contributed by atoms with Crippen LogP contribution < -0.4 is 4.74 Å². The summed E-state index contributed by atoms with van der Waals surface area (Å²) in [6.07, 6.45) is 0. The monoisotopic (exact) mass is 408 g/mol. The molecule has 0 saturated carbocycles. The van der Waals surface area contributed by atoms with Crippen LogP contribution in [0.25, 0.3) is 10.8 Å². The fourth-order valence-corrected chi connectivity index (χ4v) is 4.16. The van der Waals surface area contributed by atoms with Crippen molar-refractivity contribution in [2.75, 3.05) is 39.8 Å². The van der Waals surface area contributed by atoms with E-state index < -0.39 is 0 Å². The number of piperazine rings is 1. The lowest BCUT2D eigenvalue weighted by molar-refractivity contribution is 0.0844. The summed E-state index contributed by atoms with van der Waals surface area (Å²) in [5.74, 6) is 0.793. The third-order valence-electron chi connectivity index (χ3n) is 5.54. The van der Waals surface area contributed by atoms with Crippen molar-refractivity contribution in [3.8, 4) is 5.75 Å². The highest BCUT2D eigenvalue weighted by molar-refractivity contribution is 6.37. The first-order valence-corrected chi connectivity index (χ1v) is 10.3. The number of carbonyl (C=O) groups is 1. The Kier molecular flexibility index (Phi) is 6.14. The summed E-state index contributed by atoms with van der Waals surface area (Å²) in [5.41, 5.74) is 2.06. The molecule has 150 valence electrons. The van der Waals surface area contributed by atoms with Gasteiger partial charge >= 0.3 is 0 Å². The van der Waals surface area contributed by atoms with Gasteiger partial charge in [-0.05, 0) is 23.1 Å². The minimum atomic E-state index is 0.148. The molecule has 0 aliphatic carbocycles. The summed E-state index contributed by atoms with van der Waals surface area (Å²) in [6, 6.07) is 20.0. The minimum Gasteiger partial charge on any atom is -0.495 e. The van der Waals surface area contributed by atoms with Gasteiger partial charge in [0.15, 0.2) is 5.78 Å². The Bertz CT molecular complexity index is 998. The van der Waals surface area contributed by atoms with Gasteiger partial charge in [0.1, 0.15) is 5.75 Å². The fraction of sp³-hybridized carbons (Fsp3) is 0.292. The van der Waals surface area contributed by atoms with Crippen LogP contribution in [0.5, 0.6) is 5.75 Å². The third-order valence-corrected chi connectivity index (χ3v) is 5.93. The second kappa shape index (κ2) is 8.95. The number of hydrogen-bond donors (Lipinski definition) is 0. The minimum absolute atomic E-state index is 0.148. The Labute approximate surface area is 176 Å². The fourth-order valence-electron chi connectivity index (χ4n) is 3.84. The van der Waals surface area contributed by atoms with E-state index in [1.807, 2.05) is 36.4 Å². The Morgan fingerprint density at radius 3 is 2.41 bits per heavy atom. The Morgan fingerprint density at radius 2 is 1.69 bits per heavy atom. The predicted octanol–water partition coefficient (Wildman–Crippen LogP) is 4.50. The van der Waals surface area contributed by atoms with Gasteiger partial charge in [0, 0.05) is 43.7 Å². The molecular weight excluding hydrogens is 384 g/mol. The second-order valence-electron chi connectivity index (χ2n) is 7.48. The zero-order valence-electron chi connectivity index (χ0n) is 16.6. The number of rotatable bonds is 6. The van der Waals surface area contributed by atoms with Gasteiger partial charge in [-0.2, -0.15) is 0 Å². The molecule has 0 aromatic heterocycles. The highest BCUT2D eigenvalue weighted by Crippen LogP contribution is 2.33. The van der Waals surface area contributed by atoms with Crippen LogP contribution >= 0.6 is 11.6 Å². The number of ketones is 1. The van der Waals surface area contributed by atoms with Crippen molar-refractivity contribution in [1.29, 1.82) is 0 Å². The zero-order chi connectivity index (χ0) is 20.2. The molecule has 1 aliphatic rings. The van der Waals surface area contributed by atoms with Crippen LogP contribution in [-0.2, 0) is 6.54 Å². The van der Waals surface area contributed by atoms with Gasteiger partial charge < -0.3 is 4.74 Å². The van der Waals surface area contributed by atoms with Crippen LogP contribution in [0.2, 0.25) is 5.02 Å². The topological polar surface area (TPSA) is 32.8 Å². The number of methoxy groups -OCH3 is 1. The van der Waals surface area contributed by atoms with Gasteiger partial charge in [-0.25, -0.2) is 0 Å². The zero-order valence-corrected chi connectivity index (χ0v) is 17.4. The number of carbonyl (C=O) groups excluding carboxylic acids is 1. The number of nitrogens with zero attached hydrogens (tertiary/aromatic N) is 2. The summed E-state index contributed by atoms with van der Waals surface area (Å²) in [5, 5.41) is 2.44. The van der Waals surface area contributed by atoms with Gasteiger partial charge in [-0.1, -0.05) is 60.1 Å². The van der Waals surface area contributed by atoms with Gasteiger partial charge in [-0.3, -0.25) is 14.6 Å². The summed E-state index contributed by atoms with van der Waals surface area (Å²) in [6.45, 7) is 5.21. The van der Waals surface area contributed by atoms with Crippen molar-refractivity contribution in [2.24, 2.45) is 0 Å². The third kappa shape index (κ3) is 4.61. The van der Waals surface area contributed by atoms with Gasteiger partial charge in [0.2, 0.25) is 0 Å². The smallest absolute Gasteiger partial charge is 0.176 e. The first-order chi connectivity index (χ1) is 14.1. The maximum Gasteiger partial charge on any atom is 0.176 e. The van der Waals surface area contributed by atoms with E-state index in [2.05, 4.69) is 34.1 Å². The van der Waals surface area contributed by atoms with Crippen molar-refractivity contribution in [3.05, 3.63) is 76.8 Å². The molecule has 3 aromatic rings. The predicted molar refractivity (Wildman–Crippen MR) is 118 cm³/mol. The van der Waals surface area contributed by atoms with E-state index in [-0.39, 0.29) is 5.78 Å². The highest BCUT2D eigenvalue weighted by Gasteiger charge is 2.20. The molecule has 4 nitrogen and oxygen atoms in total. The normalized spacial score (nSPS) is 15.5. The average molecular weight is 409 g/mol. The van der Waals surface area contributed by atoms with Gasteiger partial charge in [-0.15, -0.1) is 0 Å². The maximum absolute atomic E-state index is 12.8. The molecule has 3 aromatic carbocycles. The Morgan fingerprint density at radius 1 is 0.966 bits per heavy atom. The first-order valence-electron chi connectivity index (χ1n) is 9.92. The number of halogens is 1. The molecule has 29 heavy (non-hydrogen) atoms. The Balaban J connectivity index is 1.36. The van der Waals surface area contributed by atoms with Crippen molar-refractivity contribution in [2.45, 2.75) is 6.54 Å². The van der Waals surface area contributed by atoms with Crippen LogP contribution in [0.1, 0.15) is 15.9 Å². The van der Waals surface area contributed by atoms with Gasteiger partial charge in [0.25, 0.3) is 0 Å². The van der Waals surface area contributed by atoms with Crippen LogP contribution in [-0.4, -0.2) is 55.4 Å². The molecule has 1 aliphatic heterocycles. The molecule has 1 fully saturated rings. The molecule has 0 radical (unpaired) electrons. The van der Waals surface area contributed by atoms with Crippen LogP contribution in [0.3, 0.4) is 0 Å². The van der Waals surface area contributed by atoms with E-state index in [0.29, 0.717) is 17.3 Å². The molecule has 1 saturated heterocycles. The van der Waals surface area contributed by atoms with E-state index in [9.17, 15) is 4.79 Å². The highest BCUT2D eigenvalue weighted by atomic mass is 35.5. The maximum atomic E-state index is 12.8. The molecule has 0 atom stereocenters. The molecule has 1 heterocycles. The number of Topliss-reactive ketones (excluding diaryl/α,β-unsaturated/α-hetero) is 1. The van der Waals surface area contributed by atoms with Crippen LogP contribution in [0, 0.1) is 0 Å². The number of hydrogen-bond acceptors (Lipinski definition) is 4. The van der Waals surface area contributed by atoms with Crippen molar-refractivity contribution in [1.82, 2.24) is 9.80 Å². The van der Waals surface area contributed by atoms with E-state index in [1.165, 1.54) is 5.56 Å². The molecule has 0 bridgehead atoms. The van der Waals surface area contributed by atoms with Crippen molar-refractivity contribution >= 4 is 28.2 Å². The lowest BCUT2D eigenvalue weighted by atomic mass is 10.0. The molecular formula is C24H25ClN2O2. The molecule has 0 unspecified atom stereocenters. The molecule has 5 heteroatoms. The van der Waals surface area contributed by atoms with Gasteiger partial charge in [0.05, 0.1) is 18.7 Å². The largest absolute Gasteiger partial charge is 0.495 e. The Hall–Kier alpha value is -2.40. The SMILES string of the molecule is COc1ccc2cc(C(=O)CN3CCN(Cc4ccccc4)CC3)ccc2c1Cl. The second-order valence-corrected chi connectivity index (χ2v) is 7.86. The molecule has 0 N–H and O–H groups in total. The van der Waals surface area contributed by atoms with E-state index in [4.69, 9.17) is 16.3 Å². The first kappa shape index (κ1) is 19.9. The molecule has 0 spiro atoms. The van der Waals surface area contributed by atoms with Crippen LogP contribution in [0.4, 0.5) is 0 Å². The van der Waals surface area contributed by atoms with E-state index >= 15 is 0 Å². The number of ether oxygens (including phenoxy) is 1. The van der Waals surface area contributed by atoms with Crippen molar-refractivity contribution < 1.29 is 9.53 Å². The van der Waals surface area contributed by atoms with Crippen molar-refractivity contribution in [3.63, 3.8) is 0 Å². The number of benzene rings is 3. The standard InChI is InChI=1S/C24H25ClN2O2/c1-29-23-10-8-19-15-20(7-9-21(19)24(23)25)22(28)17-27-13-11-26(12-14-27)16-18-5-3-2-4-6-18/h2-10,15H,11-14,16-17H2,1H3. The number of fused-ring (bicyclic) bond motifs is 1. The summed E-state index contributed by atoms with van der Waals surface area (Å²) in [4.78, 5) is 17.5. The van der Waals surface area contributed by atoms with E-state index in [0.717, 1.165) is 49.1 Å². The average Bonchev–Trinajstić information content (AvgIpc) is 2.76. The summed E-state index contributed by atoms with van der Waals surface area (Å²) < 4.78 is 5.27. The lowest BCUT2D eigenvalue weighted by Crippen LogP contribution is -2.47. The van der Waals surface area contributed by atoms with Crippen LogP contribution in [0.15, 0.2) is 60.7 Å². The molecule has 0 amide bonds. The lowest BCUT2D eigenvalue weighted by Gasteiger charge is -2.34. The molecule has 4 rings (SSSR count). The van der Waals surface area contributed by atoms with E-state index in [1.54, 1.807) is 7.11 Å².